The van der Waals surface area contributed by atoms with Gasteiger partial charge in [-0.15, -0.1) is 0 Å². The largest absolute Gasteiger partial charge is 0.468 e. The number of pyridine rings is 1. The fourth-order valence-electron chi connectivity index (χ4n) is 3.94. The maximum Gasteiger partial charge on any atom is 0.327 e. The van der Waals surface area contributed by atoms with Crippen LogP contribution in [-0.2, 0) is 9.53 Å². The first-order valence-corrected chi connectivity index (χ1v) is 10.6. The molecule has 1 unspecified atom stereocenters. The molecule has 164 valence electrons. The van der Waals surface area contributed by atoms with Crippen LogP contribution in [0.2, 0.25) is 0 Å². The number of piperazine rings is 1. The van der Waals surface area contributed by atoms with Gasteiger partial charge in [0.2, 0.25) is 0 Å². The summed E-state index contributed by atoms with van der Waals surface area (Å²) >= 11 is 0. The van der Waals surface area contributed by atoms with Gasteiger partial charge in [-0.05, 0) is 42.0 Å². The zero-order valence-corrected chi connectivity index (χ0v) is 18.0. The van der Waals surface area contributed by atoms with Crippen LogP contribution in [0.15, 0.2) is 79.1 Å². The van der Waals surface area contributed by atoms with Gasteiger partial charge in [-0.25, -0.2) is 4.79 Å². The second kappa shape index (κ2) is 10.1. The molecule has 1 atom stereocenters. The Labute approximate surface area is 187 Å². The molecule has 2 aromatic carbocycles. The Kier molecular flexibility index (Phi) is 6.77. The van der Waals surface area contributed by atoms with Crippen molar-refractivity contribution >= 4 is 23.3 Å². The van der Waals surface area contributed by atoms with Gasteiger partial charge in [0.25, 0.3) is 5.91 Å². The van der Waals surface area contributed by atoms with Gasteiger partial charge < -0.3 is 15.0 Å². The van der Waals surface area contributed by atoms with Crippen molar-refractivity contribution in [3.05, 3.63) is 90.3 Å². The van der Waals surface area contributed by atoms with E-state index >= 15 is 0 Å². The van der Waals surface area contributed by atoms with Gasteiger partial charge in [0.15, 0.2) is 0 Å². The summed E-state index contributed by atoms with van der Waals surface area (Å²) in [6.07, 6.45) is 3.18. The third-order valence-corrected chi connectivity index (χ3v) is 5.63. The molecular formula is C25H26N4O3. The van der Waals surface area contributed by atoms with Gasteiger partial charge in [-0.2, -0.15) is 0 Å². The molecule has 1 aromatic heterocycles. The summed E-state index contributed by atoms with van der Waals surface area (Å²) < 4.78 is 5.08. The molecule has 1 aliphatic rings. The zero-order valence-electron chi connectivity index (χ0n) is 18.0. The molecular weight excluding hydrogens is 404 g/mol. The highest BCUT2D eigenvalue weighted by Gasteiger charge is 2.31. The molecule has 0 saturated carbocycles. The van der Waals surface area contributed by atoms with E-state index in [0.29, 0.717) is 5.56 Å². The van der Waals surface area contributed by atoms with Crippen LogP contribution in [0.5, 0.6) is 0 Å². The Hall–Kier alpha value is -3.71. The first-order chi connectivity index (χ1) is 15.7. The van der Waals surface area contributed by atoms with E-state index in [-0.39, 0.29) is 11.9 Å². The number of hydrogen-bond acceptors (Lipinski definition) is 6. The van der Waals surface area contributed by atoms with E-state index < -0.39 is 6.04 Å². The van der Waals surface area contributed by atoms with Gasteiger partial charge in [-0.1, -0.05) is 30.3 Å². The van der Waals surface area contributed by atoms with Crippen LogP contribution in [-0.4, -0.2) is 55.0 Å². The van der Waals surface area contributed by atoms with Crippen LogP contribution in [0.3, 0.4) is 0 Å². The molecule has 1 amide bonds. The molecule has 1 fully saturated rings. The molecule has 1 aliphatic heterocycles. The Balaban J connectivity index is 1.37. The predicted octanol–water partition coefficient (Wildman–Crippen LogP) is 3.37. The summed E-state index contributed by atoms with van der Waals surface area (Å²) in [6, 6.07) is 20.6. The molecule has 0 radical (unpaired) electrons. The summed E-state index contributed by atoms with van der Waals surface area (Å²) in [5, 5.41) is 2.89. The number of amides is 1. The van der Waals surface area contributed by atoms with E-state index in [4.69, 9.17) is 4.74 Å². The lowest BCUT2D eigenvalue weighted by Crippen LogP contribution is -2.49. The smallest absolute Gasteiger partial charge is 0.327 e. The summed E-state index contributed by atoms with van der Waals surface area (Å²) in [7, 11) is 1.43. The molecule has 4 rings (SSSR count). The summed E-state index contributed by atoms with van der Waals surface area (Å²) in [4.78, 5) is 33.2. The first kappa shape index (κ1) is 21.5. The lowest BCUT2D eigenvalue weighted by atomic mass is 10.0. The molecule has 1 N–H and O–H groups in total. The van der Waals surface area contributed by atoms with Crippen LogP contribution in [0, 0.1) is 0 Å². The number of aromatic nitrogens is 1. The highest BCUT2D eigenvalue weighted by atomic mass is 16.5. The summed E-state index contributed by atoms with van der Waals surface area (Å²) in [6.45, 7) is 3.08. The van der Waals surface area contributed by atoms with Gasteiger partial charge >= 0.3 is 5.97 Å². The van der Waals surface area contributed by atoms with Crippen LogP contribution < -0.4 is 10.2 Å². The molecule has 2 heterocycles. The highest BCUT2D eigenvalue weighted by molar-refractivity contribution is 6.04. The van der Waals surface area contributed by atoms with E-state index in [1.165, 1.54) is 7.11 Å². The lowest BCUT2D eigenvalue weighted by molar-refractivity contribution is -0.147. The normalized spacial score (nSPS) is 15.1. The molecule has 7 nitrogen and oxygen atoms in total. The van der Waals surface area contributed by atoms with Crippen molar-refractivity contribution < 1.29 is 14.3 Å². The minimum atomic E-state index is -0.395. The number of nitrogens with one attached hydrogen (secondary N) is 1. The molecule has 0 bridgehead atoms. The number of anilines is 2. The minimum Gasteiger partial charge on any atom is -0.468 e. The quantitative estimate of drug-likeness (QED) is 0.605. The molecule has 32 heavy (non-hydrogen) atoms. The maximum atomic E-state index is 12.5. The van der Waals surface area contributed by atoms with E-state index in [2.05, 4.69) is 20.1 Å². The number of methoxy groups -OCH3 is 1. The first-order valence-electron chi connectivity index (χ1n) is 10.6. The van der Waals surface area contributed by atoms with E-state index in [0.717, 1.165) is 43.1 Å². The van der Waals surface area contributed by atoms with Crippen molar-refractivity contribution in [2.45, 2.75) is 6.04 Å². The van der Waals surface area contributed by atoms with E-state index in [1.54, 1.807) is 24.5 Å². The third-order valence-electron chi connectivity index (χ3n) is 5.63. The molecule has 0 aliphatic carbocycles. The van der Waals surface area contributed by atoms with Gasteiger partial charge in [0.1, 0.15) is 6.04 Å². The molecule has 3 aromatic rings. The molecule has 1 saturated heterocycles. The van der Waals surface area contributed by atoms with Crippen molar-refractivity contribution in [2.75, 3.05) is 43.5 Å². The van der Waals surface area contributed by atoms with Crippen LogP contribution in [0.1, 0.15) is 22.0 Å². The van der Waals surface area contributed by atoms with Crippen molar-refractivity contribution in [1.29, 1.82) is 0 Å². The van der Waals surface area contributed by atoms with Crippen molar-refractivity contribution in [3.8, 4) is 0 Å². The van der Waals surface area contributed by atoms with E-state index in [1.807, 2.05) is 54.6 Å². The Morgan fingerprint density at radius 2 is 1.66 bits per heavy atom. The summed E-state index contributed by atoms with van der Waals surface area (Å²) in [5.74, 6) is -0.424. The average Bonchev–Trinajstić information content (AvgIpc) is 2.86. The van der Waals surface area contributed by atoms with E-state index in [9.17, 15) is 9.59 Å². The van der Waals surface area contributed by atoms with Crippen LogP contribution >= 0.6 is 0 Å². The summed E-state index contributed by atoms with van der Waals surface area (Å²) in [5.41, 5.74) is 3.28. The topological polar surface area (TPSA) is 74.8 Å². The minimum absolute atomic E-state index is 0.186. The number of benzene rings is 2. The number of carbonyl (C=O) groups excluding carboxylic acids is 2. The fourth-order valence-corrected chi connectivity index (χ4v) is 3.94. The van der Waals surface area contributed by atoms with Gasteiger partial charge in [0, 0.05) is 49.9 Å². The number of nitrogens with zero attached hydrogens (tertiary/aromatic N) is 3. The van der Waals surface area contributed by atoms with Gasteiger partial charge in [-0.3, -0.25) is 14.7 Å². The number of ether oxygens (including phenoxy) is 1. The number of hydrogen-bond donors (Lipinski definition) is 1. The average molecular weight is 431 g/mol. The lowest BCUT2D eigenvalue weighted by Gasteiger charge is -2.39. The van der Waals surface area contributed by atoms with Gasteiger partial charge in [0.05, 0.1) is 12.7 Å². The fraction of sp³-hybridized carbons (Fsp3) is 0.240. The monoisotopic (exact) mass is 430 g/mol. The van der Waals surface area contributed by atoms with Crippen LogP contribution in [0.4, 0.5) is 11.4 Å². The predicted molar refractivity (Wildman–Crippen MR) is 124 cm³/mol. The Morgan fingerprint density at radius 1 is 0.938 bits per heavy atom. The van der Waals surface area contributed by atoms with Crippen molar-refractivity contribution in [2.24, 2.45) is 0 Å². The zero-order chi connectivity index (χ0) is 22.3. The Bertz CT molecular complexity index is 1030. The SMILES string of the molecule is COC(=O)C(c1ccccc1)N1CCN(c2ccc(NC(=O)c3cccnc3)cc2)CC1. The van der Waals surface area contributed by atoms with Crippen molar-refractivity contribution in [3.63, 3.8) is 0 Å². The number of rotatable bonds is 6. The second-order valence-electron chi connectivity index (χ2n) is 7.60. The third kappa shape index (κ3) is 4.95. The van der Waals surface area contributed by atoms with Crippen LogP contribution in [0.25, 0.3) is 0 Å². The molecule has 0 spiro atoms. The maximum absolute atomic E-state index is 12.5. The Morgan fingerprint density at radius 3 is 2.28 bits per heavy atom. The highest BCUT2D eigenvalue weighted by Crippen LogP contribution is 2.26. The number of esters is 1. The second-order valence-corrected chi connectivity index (χ2v) is 7.60. The standard InChI is InChI=1S/C25H26N4O3/c1-32-25(31)23(19-6-3-2-4-7-19)29-16-14-28(15-17-29)22-11-9-21(10-12-22)27-24(30)20-8-5-13-26-18-20/h2-13,18,23H,14-17H2,1H3,(H,27,30). The van der Waals surface area contributed by atoms with Crippen molar-refractivity contribution in [1.82, 2.24) is 9.88 Å². The number of carbonyl (C=O) groups is 2. The molecule has 7 heteroatoms.